The minimum absolute atomic E-state index is 0.446. The number of aliphatic hydroxyl groups is 1. The highest BCUT2D eigenvalue weighted by molar-refractivity contribution is 5.85. The zero-order valence-corrected chi connectivity index (χ0v) is 10.7. The second-order valence-corrected chi connectivity index (χ2v) is 4.30. The quantitative estimate of drug-likeness (QED) is 0.795. The van der Waals surface area contributed by atoms with Gasteiger partial charge in [0.25, 0.3) is 0 Å². The number of hydrogen-bond donors (Lipinski definition) is 1. The Morgan fingerprint density at radius 1 is 1.33 bits per heavy atom. The molecule has 0 radical (unpaired) electrons. The number of ether oxygens (including phenoxy) is 1. The molecule has 1 atom stereocenters. The largest absolute Gasteiger partial charge is 0.388 e. The summed E-state index contributed by atoms with van der Waals surface area (Å²) in [5.41, 5.74) is 0.956. The molecule has 3 nitrogen and oxygen atoms in total. The van der Waals surface area contributed by atoms with E-state index in [4.69, 9.17) is 4.74 Å². The molecule has 1 heterocycles. The predicted molar refractivity (Wildman–Crippen MR) is 72.4 cm³/mol. The van der Waals surface area contributed by atoms with E-state index in [0.29, 0.717) is 13.0 Å². The van der Waals surface area contributed by atoms with Gasteiger partial charge in [-0.2, -0.15) is 0 Å². The number of benzene rings is 1. The molecule has 2 aromatic rings. The van der Waals surface area contributed by atoms with Crippen molar-refractivity contribution in [2.24, 2.45) is 0 Å². The van der Waals surface area contributed by atoms with Gasteiger partial charge in [0.15, 0.2) is 0 Å². The number of aromatic nitrogens is 1. The Morgan fingerprint density at radius 2 is 2.22 bits per heavy atom. The second kappa shape index (κ2) is 6.47. The van der Waals surface area contributed by atoms with Crippen molar-refractivity contribution in [1.29, 1.82) is 0 Å². The fraction of sp³-hybridized carbons (Fsp3) is 0.400. The molecule has 0 aliphatic carbocycles. The molecular weight excluding hydrogens is 226 g/mol. The summed E-state index contributed by atoms with van der Waals surface area (Å²) in [6.45, 7) is 3.41. The molecule has 2 rings (SSSR count). The molecule has 0 fully saturated rings. The van der Waals surface area contributed by atoms with Gasteiger partial charge in [0.2, 0.25) is 0 Å². The highest BCUT2D eigenvalue weighted by Gasteiger charge is 2.10. The molecule has 0 saturated carbocycles. The van der Waals surface area contributed by atoms with Gasteiger partial charge >= 0.3 is 0 Å². The van der Waals surface area contributed by atoms with Crippen molar-refractivity contribution in [3.63, 3.8) is 0 Å². The first-order chi connectivity index (χ1) is 8.83. The van der Waals surface area contributed by atoms with Crippen LogP contribution in [0.1, 0.15) is 31.4 Å². The Kier molecular flexibility index (Phi) is 4.67. The third kappa shape index (κ3) is 3.06. The first-order valence-corrected chi connectivity index (χ1v) is 6.41. The number of hydrogen-bond acceptors (Lipinski definition) is 3. The maximum atomic E-state index is 10.2. The van der Waals surface area contributed by atoms with Gasteiger partial charge < -0.3 is 9.84 Å². The maximum Gasteiger partial charge on any atom is 0.0797 e. The lowest BCUT2D eigenvalue weighted by Crippen LogP contribution is -2.01. The molecule has 0 bridgehead atoms. The summed E-state index contributed by atoms with van der Waals surface area (Å²) < 4.78 is 5.28. The van der Waals surface area contributed by atoms with E-state index in [1.807, 2.05) is 37.4 Å². The van der Waals surface area contributed by atoms with Crippen LogP contribution in [0.3, 0.4) is 0 Å². The van der Waals surface area contributed by atoms with E-state index >= 15 is 0 Å². The summed E-state index contributed by atoms with van der Waals surface area (Å²) >= 11 is 0. The van der Waals surface area contributed by atoms with Crippen LogP contribution in [0, 0.1) is 0 Å². The van der Waals surface area contributed by atoms with Gasteiger partial charge in [-0.25, -0.2) is 0 Å². The second-order valence-electron chi connectivity index (χ2n) is 4.30. The number of pyridine rings is 1. The summed E-state index contributed by atoms with van der Waals surface area (Å²) in [6.07, 6.45) is 4.72. The Morgan fingerprint density at radius 3 is 3.06 bits per heavy atom. The van der Waals surface area contributed by atoms with Gasteiger partial charge in [-0.3, -0.25) is 4.98 Å². The molecular formula is C15H19NO2. The molecule has 96 valence electrons. The maximum absolute atomic E-state index is 10.2. The van der Waals surface area contributed by atoms with Crippen molar-refractivity contribution in [1.82, 2.24) is 4.98 Å². The van der Waals surface area contributed by atoms with Gasteiger partial charge in [0.05, 0.1) is 6.10 Å². The predicted octanol–water partition coefficient (Wildman–Crippen LogP) is 3.08. The monoisotopic (exact) mass is 245 g/mol. The minimum atomic E-state index is -0.446. The molecule has 0 aliphatic heterocycles. The van der Waals surface area contributed by atoms with Crippen LogP contribution >= 0.6 is 0 Å². The Balaban J connectivity index is 2.10. The van der Waals surface area contributed by atoms with Gasteiger partial charge in [0, 0.05) is 31.0 Å². The Bertz CT molecular complexity index is 493. The van der Waals surface area contributed by atoms with E-state index in [2.05, 4.69) is 4.98 Å². The Labute approximate surface area is 107 Å². The van der Waals surface area contributed by atoms with Crippen molar-refractivity contribution in [3.05, 3.63) is 42.2 Å². The number of fused-ring (bicyclic) bond motifs is 1. The summed E-state index contributed by atoms with van der Waals surface area (Å²) in [6, 6.07) is 7.94. The molecule has 1 N–H and O–H groups in total. The fourth-order valence-corrected chi connectivity index (χ4v) is 2.11. The first-order valence-electron chi connectivity index (χ1n) is 6.41. The molecule has 3 heteroatoms. The van der Waals surface area contributed by atoms with Crippen molar-refractivity contribution >= 4 is 10.8 Å². The van der Waals surface area contributed by atoms with Crippen molar-refractivity contribution in [2.45, 2.75) is 25.9 Å². The highest BCUT2D eigenvalue weighted by atomic mass is 16.5. The van der Waals surface area contributed by atoms with Crippen LogP contribution in [0.4, 0.5) is 0 Å². The average Bonchev–Trinajstić information content (AvgIpc) is 2.43. The lowest BCUT2D eigenvalue weighted by Gasteiger charge is -2.13. The lowest BCUT2D eigenvalue weighted by atomic mass is 9.99. The van der Waals surface area contributed by atoms with E-state index in [-0.39, 0.29) is 0 Å². The van der Waals surface area contributed by atoms with Crippen molar-refractivity contribution in [3.8, 4) is 0 Å². The van der Waals surface area contributed by atoms with Gasteiger partial charge in [-0.15, -0.1) is 0 Å². The van der Waals surface area contributed by atoms with E-state index < -0.39 is 6.10 Å². The standard InChI is InChI=1S/C15H19NO2/c1-2-18-10-4-7-15(17)13-6-3-5-12-8-9-16-11-14(12)13/h3,5-6,8-9,11,15,17H,2,4,7,10H2,1H3. The number of rotatable bonds is 6. The number of aliphatic hydroxyl groups excluding tert-OH is 1. The van der Waals surface area contributed by atoms with E-state index in [9.17, 15) is 5.11 Å². The van der Waals surface area contributed by atoms with E-state index in [1.165, 1.54) is 0 Å². The van der Waals surface area contributed by atoms with Crippen LogP contribution in [0.5, 0.6) is 0 Å². The molecule has 1 aromatic heterocycles. The fourth-order valence-electron chi connectivity index (χ4n) is 2.11. The van der Waals surface area contributed by atoms with Gasteiger partial charge in [0.1, 0.15) is 0 Å². The van der Waals surface area contributed by atoms with Crippen LogP contribution in [0.15, 0.2) is 36.7 Å². The summed E-state index contributed by atoms with van der Waals surface area (Å²) in [4.78, 5) is 4.13. The summed E-state index contributed by atoms with van der Waals surface area (Å²) in [5, 5.41) is 12.4. The van der Waals surface area contributed by atoms with Crippen LogP contribution in [0.2, 0.25) is 0 Å². The molecule has 1 unspecified atom stereocenters. The average molecular weight is 245 g/mol. The zero-order chi connectivity index (χ0) is 12.8. The topological polar surface area (TPSA) is 42.4 Å². The normalized spacial score (nSPS) is 12.8. The van der Waals surface area contributed by atoms with E-state index in [0.717, 1.165) is 29.4 Å². The summed E-state index contributed by atoms with van der Waals surface area (Å²) in [7, 11) is 0. The highest BCUT2D eigenvalue weighted by Crippen LogP contribution is 2.26. The first kappa shape index (κ1) is 13.0. The third-order valence-electron chi connectivity index (χ3n) is 3.05. The lowest BCUT2D eigenvalue weighted by molar-refractivity contribution is 0.115. The van der Waals surface area contributed by atoms with Crippen molar-refractivity contribution < 1.29 is 9.84 Å². The van der Waals surface area contributed by atoms with Crippen LogP contribution < -0.4 is 0 Å². The molecule has 0 amide bonds. The third-order valence-corrected chi connectivity index (χ3v) is 3.05. The number of nitrogens with zero attached hydrogens (tertiary/aromatic N) is 1. The molecule has 1 aromatic carbocycles. The SMILES string of the molecule is CCOCCCC(O)c1cccc2ccncc12. The molecule has 0 aliphatic rings. The smallest absolute Gasteiger partial charge is 0.0797 e. The van der Waals surface area contributed by atoms with E-state index in [1.54, 1.807) is 6.20 Å². The van der Waals surface area contributed by atoms with Crippen LogP contribution in [-0.2, 0) is 4.74 Å². The van der Waals surface area contributed by atoms with Gasteiger partial charge in [-0.05, 0) is 36.8 Å². The van der Waals surface area contributed by atoms with Crippen LogP contribution in [-0.4, -0.2) is 23.3 Å². The summed E-state index contributed by atoms with van der Waals surface area (Å²) in [5.74, 6) is 0. The van der Waals surface area contributed by atoms with Crippen LogP contribution in [0.25, 0.3) is 10.8 Å². The zero-order valence-electron chi connectivity index (χ0n) is 10.7. The Hall–Kier alpha value is -1.45. The van der Waals surface area contributed by atoms with Crippen molar-refractivity contribution in [2.75, 3.05) is 13.2 Å². The molecule has 0 spiro atoms. The van der Waals surface area contributed by atoms with Gasteiger partial charge in [-0.1, -0.05) is 18.2 Å². The molecule has 18 heavy (non-hydrogen) atoms. The molecule has 0 saturated heterocycles. The minimum Gasteiger partial charge on any atom is -0.388 e.